The number of fused-ring (bicyclic) bond motifs is 1. The maximum Gasteiger partial charge on any atom is 0.258 e. The minimum Gasteiger partial charge on any atom is -0.381 e. The molecular formula is C51H71N3O4S. The number of carbonyl (C=O) groups excluding carboxylic acids is 3. The number of Topliss-reactive ketones (excluding diaryl/α,β-unsaturated/α-hetero) is 1. The van der Waals surface area contributed by atoms with Crippen LogP contribution >= 0.6 is 11.3 Å². The van der Waals surface area contributed by atoms with Crippen molar-refractivity contribution in [3.05, 3.63) is 111 Å². The minimum atomic E-state index is -0.237. The Balaban J connectivity index is 0.000000364. The molecule has 2 aromatic heterocycles. The number of aryl methyl sites for hydroxylation is 2. The van der Waals surface area contributed by atoms with Crippen LogP contribution in [0.2, 0.25) is 0 Å². The Kier molecular flexibility index (Phi) is 20.4. The molecule has 1 atom stereocenters. The van der Waals surface area contributed by atoms with Crippen LogP contribution in [-0.2, 0) is 4.74 Å². The number of ketones is 1. The van der Waals surface area contributed by atoms with Crippen molar-refractivity contribution >= 4 is 52.0 Å². The lowest BCUT2D eigenvalue weighted by atomic mass is 9.72. The summed E-state index contributed by atoms with van der Waals surface area (Å²) >= 11 is 1.48. The average Bonchev–Trinajstić information content (AvgIpc) is 3.66. The summed E-state index contributed by atoms with van der Waals surface area (Å²) in [6, 6.07) is 20.4. The molecule has 1 fully saturated rings. The molecule has 0 saturated carbocycles. The number of hydrogen-bond donors (Lipinski definition) is 1. The fourth-order valence-corrected chi connectivity index (χ4v) is 8.51. The molecule has 0 bridgehead atoms. The highest BCUT2D eigenvalue weighted by atomic mass is 32.1. The smallest absolute Gasteiger partial charge is 0.258 e. The number of pyridine rings is 1. The molecule has 1 N–H and O–H groups in total. The van der Waals surface area contributed by atoms with Gasteiger partial charge in [0.15, 0.2) is 5.78 Å². The molecule has 0 aliphatic carbocycles. The standard InChI is InChI=1S/C31H27N3O3S.C11H22O.C7H16.C2H6/c1-19-16-26(20(2)32-18-19)30(36)33-25-10-8-22(9-11-25)31(37)34-15-14-24(17-23-6-4-5-7-27(23)34)29-13-12-28(38-29)21(3)35;1-4-11(9-10(2)3)5-7-12-8-6-11;1-4-6-7(3)5-2;1-2/h4-13,16-18H,14-15H2,1-3H3,(H,33,36);10H,4-9H2,1-3H3;7H,4-6H2,1-3H3;1-2H3. The van der Waals surface area contributed by atoms with E-state index in [0.29, 0.717) is 40.9 Å². The van der Waals surface area contributed by atoms with Crippen LogP contribution in [-0.4, -0.2) is 42.3 Å². The van der Waals surface area contributed by atoms with Crippen LogP contribution in [0.15, 0.2) is 72.9 Å². The molecular weight excluding hydrogens is 751 g/mol. The number of nitrogens with zero attached hydrogens (tertiary/aromatic N) is 2. The Morgan fingerprint density at radius 3 is 2.19 bits per heavy atom. The predicted molar refractivity (Wildman–Crippen MR) is 251 cm³/mol. The van der Waals surface area contributed by atoms with Crippen molar-refractivity contribution in [1.29, 1.82) is 0 Å². The van der Waals surface area contributed by atoms with Gasteiger partial charge in [0, 0.05) is 47.8 Å². The van der Waals surface area contributed by atoms with Crippen LogP contribution in [0.5, 0.6) is 0 Å². The summed E-state index contributed by atoms with van der Waals surface area (Å²) in [5.74, 6) is 1.49. The van der Waals surface area contributed by atoms with Gasteiger partial charge >= 0.3 is 0 Å². The highest BCUT2D eigenvalue weighted by molar-refractivity contribution is 7.15. The number of amides is 2. The molecule has 4 heterocycles. The summed E-state index contributed by atoms with van der Waals surface area (Å²) < 4.78 is 5.41. The maximum absolute atomic E-state index is 13.7. The molecule has 0 spiro atoms. The van der Waals surface area contributed by atoms with Gasteiger partial charge in [-0.3, -0.25) is 19.4 Å². The van der Waals surface area contributed by atoms with Crippen molar-refractivity contribution in [3.63, 3.8) is 0 Å². The van der Waals surface area contributed by atoms with Gasteiger partial charge < -0.3 is 15.0 Å². The van der Waals surface area contributed by atoms with E-state index in [1.54, 1.807) is 49.2 Å². The second-order valence-electron chi connectivity index (χ2n) is 16.2. The number of hydrogen-bond acceptors (Lipinski definition) is 6. The van der Waals surface area contributed by atoms with Gasteiger partial charge in [0.25, 0.3) is 11.8 Å². The molecule has 1 saturated heterocycles. The first-order chi connectivity index (χ1) is 28.3. The molecule has 7 nitrogen and oxygen atoms in total. The third-order valence-electron chi connectivity index (χ3n) is 11.2. The van der Waals surface area contributed by atoms with Gasteiger partial charge in [0.2, 0.25) is 0 Å². The Labute approximate surface area is 360 Å². The van der Waals surface area contributed by atoms with Crippen molar-refractivity contribution < 1.29 is 19.1 Å². The highest BCUT2D eigenvalue weighted by Crippen LogP contribution is 2.40. The van der Waals surface area contributed by atoms with Gasteiger partial charge in [0.1, 0.15) is 0 Å². The van der Waals surface area contributed by atoms with Crippen LogP contribution in [0.3, 0.4) is 0 Å². The highest BCUT2D eigenvalue weighted by Gasteiger charge is 2.31. The predicted octanol–water partition coefficient (Wildman–Crippen LogP) is 13.9. The molecule has 2 aromatic carbocycles. The zero-order chi connectivity index (χ0) is 43.5. The van der Waals surface area contributed by atoms with E-state index < -0.39 is 0 Å². The van der Waals surface area contributed by atoms with Crippen molar-refractivity contribution in [2.24, 2.45) is 17.3 Å². The van der Waals surface area contributed by atoms with E-state index in [1.165, 1.54) is 56.3 Å². The van der Waals surface area contributed by atoms with Gasteiger partial charge in [-0.25, -0.2) is 0 Å². The van der Waals surface area contributed by atoms with Crippen LogP contribution in [0.25, 0.3) is 11.6 Å². The number of anilines is 2. The van der Waals surface area contributed by atoms with Gasteiger partial charge in [-0.05, 0) is 135 Å². The lowest BCUT2D eigenvalue weighted by Crippen LogP contribution is -2.32. The Bertz CT molecular complexity index is 1960. The van der Waals surface area contributed by atoms with Gasteiger partial charge in [-0.15, -0.1) is 11.3 Å². The molecule has 6 rings (SSSR count). The lowest BCUT2D eigenvalue weighted by molar-refractivity contribution is 0.00189. The lowest BCUT2D eigenvalue weighted by Gasteiger charge is -2.37. The van der Waals surface area contributed by atoms with Crippen molar-refractivity contribution in [2.45, 2.75) is 128 Å². The molecule has 4 aromatic rings. The molecule has 2 aliphatic heterocycles. The van der Waals surface area contributed by atoms with E-state index >= 15 is 0 Å². The van der Waals surface area contributed by atoms with Crippen LogP contribution in [0.1, 0.15) is 166 Å². The largest absolute Gasteiger partial charge is 0.381 e. The van der Waals surface area contributed by atoms with E-state index in [2.05, 4.69) is 57.9 Å². The number of rotatable bonds is 11. The third kappa shape index (κ3) is 14.7. The summed E-state index contributed by atoms with van der Waals surface area (Å²) in [7, 11) is 0. The molecule has 2 aliphatic rings. The molecule has 1 unspecified atom stereocenters. The molecule has 2 amide bonds. The summed E-state index contributed by atoms with van der Waals surface area (Å²) in [4.78, 5) is 46.1. The average molecular weight is 822 g/mol. The second-order valence-corrected chi connectivity index (χ2v) is 17.3. The van der Waals surface area contributed by atoms with Crippen molar-refractivity contribution in [3.8, 4) is 0 Å². The molecule has 0 radical (unpaired) electrons. The van der Waals surface area contributed by atoms with Crippen molar-refractivity contribution in [2.75, 3.05) is 30.0 Å². The van der Waals surface area contributed by atoms with E-state index in [4.69, 9.17) is 4.74 Å². The third-order valence-corrected chi connectivity index (χ3v) is 12.4. The Morgan fingerprint density at radius 1 is 0.932 bits per heavy atom. The normalized spacial score (nSPS) is 14.7. The Morgan fingerprint density at radius 2 is 1.61 bits per heavy atom. The summed E-state index contributed by atoms with van der Waals surface area (Å²) in [6.45, 7) is 25.5. The number of nitrogens with one attached hydrogen (secondary N) is 1. The Hall–Kier alpha value is -4.40. The van der Waals surface area contributed by atoms with Gasteiger partial charge in [-0.2, -0.15) is 0 Å². The van der Waals surface area contributed by atoms with E-state index in [0.717, 1.165) is 57.2 Å². The summed E-state index contributed by atoms with van der Waals surface area (Å²) in [6.07, 6.45) is 13.9. The monoisotopic (exact) mass is 822 g/mol. The van der Waals surface area contributed by atoms with Gasteiger partial charge in [0.05, 0.1) is 16.1 Å². The molecule has 59 heavy (non-hydrogen) atoms. The molecule has 8 heteroatoms. The number of ether oxygens (including phenoxy) is 1. The van der Waals surface area contributed by atoms with Crippen LogP contribution < -0.4 is 10.2 Å². The summed E-state index contributed by atoms with van der Waals surface area (Å²) in [5, 5.41) is 2.90. The SMILES string of the molecule is CC.CC(=O)c1ccc(C2=Cc3ccccc3N(C(=O)c3ccc(NC(=O)c4cc(C)cnc4C)cc3)CC2)s1.CCC1(CC(C)C)CCOCC1.CCCC(C)CC. The summed E-state index contributed by atoms with van der Waals surface area (Å²) in [5.41, 5.74) is 6.75. The minimum absolute atomic E-state index is 0.0537. The number of aromatic nitrogens is 1. The first-order valence-electron chi connectivity index (χ1n) is 21.9. The van der Waals surface area contributed by atoms with Crippen molar-refractivity contribution in [1.82, 2.24) is 4.98 Å². The quantitative estimate of drug-likeness (QED) is 0.152. The van der Waals surface area contributed by atoms with Crippen LogP contribution in [0.4, 0.5) is 11.4 Å². The number of benzene rings is 2. The fourth-order valence-electron chi connectivity index (χ4n) is 7.56. The van der Waals surface area contributed by atoms with Crippen LogP contribution in [0, 0.1) is 31.1 Å². The zero-order valence-corrected chi connectivity index (χ0v) is 38.7. The number of carbonyl (C=O) groups is 3. The molecule has 320 valence electrons. The second kappa shape index (κ2) is 24.6. The number of para-hydroxylation sites is 1. The zero-order valence-electron chi connectivity index (χ0n) is 37.9. The topological polar surface area (TPSA) is 88.6 Å². The first kappa shape index (κ1) is 49.0. The fraction of sp³-hybridized carbons (Fsp3) is 0.490. The number of thiophene rings is 1. The maximum atomic E-state index is 13.7. The van der Waals surface area contributed by atoms with E-state index in [1.807, 2.05) is 63.2 Å². The van der Waals surface area contributed by atoms with E-state index in [9.17, 15) is 14.4 Å². The van der Waals surface area contributed by atoms with E-state index in [-0.39, 0.29) is 17.6 Å². The van der Waals surface area contributed by atoms with Gasteiger partial charge in [-0.1, -0.05) is 99.3 Å². The first-order valence-corrected chi connectivity index (χ1v) is 22.8.